The molecule has 0 amide bonds. The van der Waals surface area contributed by atoms with Crippen molar-refractivity contribution in [2.75, 3.05) is 7.11 Å². The van der Waals surface area contributed by atoms with Crippen LogP contribution in [0.15, 0.2) is 24.4 Å². The van der Waals surface area contributed by atoms with E-state index < -0.39 is 0 Å². The Hall–Kier alpha value is -1.81. The molecule has 1 heterocycles. The molecule has 0 radical (unpaired) electrons. The monoisotopic (exact) mass is 245 g/mol. The van der Waals surface area contributed by atoms with Crippen molar-refractivity contribution in [1.29, 1.82) is 0 Å². The zero-order chi connectivity index (χ0) is 13.3. The van der Waals surface area contributed by atoms with Crippen molar-refractivity contribution in [1.82, 2.24) is 9.78 Å². The summed E-state index contributed by atoms with van der Waals surface area (Å²) < 4.78 is 7.25. The van der Waals surface area contributed by atoms with Gasteiger partial charge in [-0.25, -0.2) is 0 Å². The van der Waals surface area contributed by atoms with E-state index in [0.717, 1.165) is 22.6 Å². The molecular weight excluding hydrogens is 226 g/mol. The van der Waals surface area contributed by atoms with Gasteiger partial charge in [-0.2, -0.15) is 5.10 Å². The van der Waals surface area contributed by atoms with Crippen LogP contribution in [0.1, 0.15) is 28.4 Å². The molecule has 2 rings (SSSR count). The van der Waals surface area contributed by atoms with E-state index in [9.17, 15) is 0 Å². The normalized spacial score (nSPS) is 12.5. The molecule has 2 aromatic rings. The SMILES string of the molecule is COc1cc(C)cc(C)c1C(N)c1ccnn1C. The van der Waals surface area contributed by atoms with Gasteiger partial charge in [0.15, 0.2) is 0 Å². The van der Waals surface area contributed by atoms with Gasteiger partial charge < -0.3 is 10.5 Å². The van der Waals surface area contributed by atoms with E-state index in [1.165, 1.54) is 5.56 Å². The highest BCUT2D eigenvalue weighted by atomic mass is 16.5. The summed E-state index contributed by atoms with van der Waals surface area (Å²) in [7, 11) is 3.57. The molecule has 0 aliphatic carbocycles. The predicted molar refractivity (Wildman–Crippen MR) is 71.7 cm³/mol. The Morgan fingerprint density at radius 1 is 1.33 bits per heavy atom. The van der Waals surface area contributed by atoms with E-state index in [2.05, 4.69) is 25.0 Å². The number of methoxy groups -OCH3 is 1. The quantitative estimate of drug-likeness (QED) is 0.901. The lowest BCUT2D eigenvalue weighted by Gasteiger charge is -2.19. The Labute approximate surface area is 107 Å². The number of nitrogens with zero attached hydrogens (tertiary/aromatic N) is 2. The summed E-state index contributed by atoms with van der Waals surface area (Å²) in [6, 6.07) is 5.84. The number of rotatable bonds is 3. The van der Waals surface area contributed by atoms with E-state index in [-0.39, 0.29) is 6.04 Å². The van der Waals surface area contributed by atoms with E-state index in [0.29, 0.717) is 0 Å². The van der Waals surface area contributed by atoms with Gasteiger partial charge in [0.05, 0.1) is 18.8 Å². The molecule has 18 heavy (non-hydrogen) atoms. The van der Waals surface area contributed by atoms with Crippen LogP contribution in [0.4, 0.5) is 0 Å². The first kappa shape index (κ1) is 12.6. The number of aryl methyl sites for hydroxylation is 3. The molecule has 0 spiro atoms. The Morgan fingerprint density at radius 2 is 2.06 bits per heavy atom. The van der Waals surface area contributed by atoms with Crippen LogP contribution in [0.25, 0.3) is 0 Å². The maximum Gasteiger partial charge on any atom is 0.124 e. The highest BCUT2D eigenvalue weighted by Crippen LogP contribution is 2.32. The van der Waals surface area contributed by atoms with Gasteiger partial charge in [0, 0.05) is 18.8 Å². The van der Waals surface area contributed by atoms with E-state index in [1.807, 2.05) is 19.2 Å². The highest BCUT2D eigenvalue weighted by Gasteiger charge is 2.19. The summed E-state index contributed by atoms with van der Waals surface area (Å²) in [6.45, 7) is 4.11. The fourth-order valence-electron chi connectivity index (χ4n) is 2.34. The maximum atomic E-state index is 6.35. The summed E-state index contributed by atoms with van der Waals surface area (Å²) in [5.41, 5.74) is 10.7. The molecule has 0 fully saturated rings. The van der Waals surface area contributed by atoms with Gasteiger partial charge >= 0.3 is 0 Å². The molecule has 0 aliphatic heterocycles. The van der Waals surface area contributed by atoms with Crippen LogP contribution in [0.2, 0.25) is 0 Å². The highest BCUT2D eigenvalue weighted by molar-refractivity contribution is 5.47. The van der Waals surface area contributed by atoms with Crippen molar-refractivity contribution in [3.05, 3.63) is 46.8 Å². The van der Waals surface area contributed by atoms with Crippen molar-refractivity contribution < 1.29 is 4.74 Å². The standard InChI is InChI=1S/C14H19N3O/c1-9-7-10(2)13(12(8-9)18-4)14(15)11-5-6-16-17(11)3/h5-8,14H,15H2,1-4H3. The molecule has 2 N–H and O–H groups in total. The van der Waals surface area contributed by atoms with E-state index in [1.54, 1.807) is 18.0 Å². The molecule has 1 aromatic heterocycles. The first-order valence-electron chi connectivity index (χ1n) is 5.93. The van der Waals surface area contributed by atoms with Crippen LogP contribution in [0.5, 0.6) is 5.75 Å². The van der Waals surface area contributed by atoms with Crippen molar-refractivity contribution >= 4 is 0 Å². The van der Waals surface area contributed by atoms with Crippen LogP contribution in [-0.2, 0) is 7.05 Å². The van der Waals surface area contributed by atoms with Gasteiger partial charge in [0.25, 0.3) is 0 Å². The molecule has 1 atom stereocenters. The van der Waals surface area contributed by atoms with Gasteiger partial charge in [-0.3, -0.25) is 4.68 Å². The summed E-state index contributed by atoms with van der Waals surface area (Å²) in [5.74, 6) is 0.834. The van der Waals surface area contributed by atoms with Crippen LogP contribution < -0.4 is 10.5 Å². The second-order valence-corrected chi connectivity index (χ2v) is 4.56. The average molecular weight is 245 g/mol. The molecule has 0 bridgehead atoms. The first-order valence-corrected chi connectivity index (χ1v) is 5.93. The third-order valence-corrected chi connectivity index (χ3v) is 3.20. The minimum atomic E-state index is -0.229. The van der Waals surface area contributed by atoms with Gasteiger partial charge in [-0.15, -0.1) is 0 Å². The minimum absolute atomic E-state index is 0.229. The molecule has 0 aliphatic rings. The fourth-order valence-corrected chi connectivity index (χ4v) is 2.34. The number of ether oxygens (including phenoxy) is 1. The zero-order valence-corrected chi connectivity index (χ0v) is 11.3. The lowest BCUT2D eigenvalue weighted by Crippen LogP contribution is -2.18. The van der Waals surface area contributed by atoms with Crippen molar-refractivity contribution in [2.45, 2.75) is 19.9 Å². The van der Waals surface area contributed by atoms with Gasteiger partial charge in [-0.1, -0.05) is 6.07 Å². The number of hydrogen-bond acceptors (Lipinski definition) is 3. The maximum absolute atomic E-state index is 6.35. The molecule has 4 heteroatoms. The molecule has 96 valence electrons. The summed E-state index contributed by atoms with van der Waals surface area (Å²) >= 11 is 0. The van der Waals surface area contributed by atoms with E-state index >= 15 is 0 Å². The minimum Gasteiger partial charge on any atom is -0.496 e. The Kier molecular flexibility index (Phi) is 3.39. The van der Waals surface area contributed by atoms with Crippen molar-refractivity contribution in [2.24, 2.45) is 12.8 Å². The van der Waals surface area contributed by atoms with Crippen LogP contribution in [-0.4, -0.2) is 16.9 Å². The summed E-state index contributed by atoms with van der Waals surface area (Å²) in [4.78, 5) is 0. The second kappa shape index (κ2) is 4.82. The van der Waals surface area contributed by atoms with Crippen LogP contribution in [0.3, 0.4) is 0 Å². The average Bonchev–Trinajstić information content (AvgIpc) is 2.73. The smallest absolute Gasteiger partial charge is 0.124 e. The van der Waals surface area contributed by atoms with Gasteiger partial charge in [0.2, 0.25) is 0 Å². The van der Waals surface area contributed by atoms with Crippen LogP contribution >= 0.6 is 0 Å². The fraction of sp³-hybridized carbons (Fsp3) is 0.357. The molecule has 0 saturated carbocycles. The lowest BCUT2D eigenvalue weighted by molar-refractivity contribution is 0.406. The number of aromatic nitrogens is 2. The Bertz CT molecular complexity index is 560. The Morgan fingerprint density at radius 3 is 2.61 bits per heavy atom. The zero-order valence-electron chi connectivity index (χ0n) is 11.3. The van der Waals surface area contributed by atoms with Gasteiger partial charge in [0.1, 0.15) is 5.75 Å². The molecule has 4 nitrogen and oxygen atoms in total. The lowest BCUT2D eigenvalue weighted by atomic mass is 9.96. The number of nitrogens with two attached hydrogens (primary N) is 1. The predicted octanol–water partition coefficient (Wildman–Crippen LogP) is 2.09. The number of benzene rings is 1. The third kappa shape index (κ3) is 2.11. The molecule has 1 unspecified atom stereocenters. The largest absolute Gasteiger partial charge is 0.496 e. The van der Waals surface area contributed by atoms with Crippen molar-refractivity contribution in [3.8, 4) is 5.75 Å². The Balaban J connectivity index is 2.54. The second-order valence-electron chi connectivity index (χ2n) is 4.56. The molecule has 0 saturated heterocycles. The van der Waals surface area contributed by atoms with Crippen LogP contribution in [0, 0.1) is 13.8 Å². The topological polar surface area (TPSA) is 53.1 Å². The summed E-state index contributed by atoms with van der Waals surface area (Å²) in [5, 5.41) is 4.16. The third-order valence-electron chi connectivity index (χ3n) is 3.20. The van der Waals surface area contributed by atoms with E-state index in [4.69, 9.17) is 10.5 Å². The molecule has 1 aromatic carbocycles. The molecular formula is C14H19N3O. The van der Waals surface area contributed by atoms with Crippen molar-refractivity contribution in [3.63, 3.8) is 0 Å². The number of hydrogen-bond donors (Lipinski definition) is 1. The van der Waals surface area contributed by atoms with Gasteiger partial charge in [-0.05, 0) is 37.1 Å². The summed E-state index contributed by atoms with van der Waals surface area (Å²) in [6.07, 6.45) is 1.76. The first-order chi connectivity index (χ1) is 8.54.